The lowest BCUT2D eigenvalue weighted by atomic mass is 10.1. The molecule has 2 aliphatic heterocycles. The summed E-state index contributed by atoms with van der Waals surface area (Å²) in [7, 11) is 0. The van der Waals surface area contributed by atoms with Gasteiger partial charge in [-0.3, -0.25) is 19.3 Å². The molecule has 3 aromatic rings. The first-order valence-corrected chi connectivity index (χ1v) is 15.8. The summed E-state index contributed by atoms with van der Waals surface area (Å²) in [5.41, 5.74) is 7.79. The normalized spacial score (nSPS) is 15.5. The summed E-state index contributed by atoms with van der Waals surface area (Å²) in [5, 5.41) is 8.98. The summed E-state index contributed by atoms with van der Waals surface area (Å²) in [6.45, 7) is 8.15. The minimum Gasteiger partial charge on any atom is -0.489 e. The summed E-state index contributed by atoms with van der Waals surface area (Å²) >= 11 is 0. The van der Waals surface area contributed by atoms with Crippen molar-refractivity contribution < 1.29 is 32.6 Å². The van der Waals surface area contributed by atoms with Gasteiger partial charge in [-0.2, -0.15) is 5.26 Å². The van der Waals surface area contributed by atoms with Crippen LogP contribution < -0.4 is 15.4 Å². The molecule has 12 heteroatoms. The van der Waals surface area contributed by atoms with Gasteiger partial charge in [0, 0.05) is 55.8 Å². The van der Waals surface area contributed by atoms with Gasteiger partial charge in [-0.15, -0.1) is 0 Å². The molecule has 48 heavy (non-hydrogen) atoms. The van der Waals surface area contributed by atoms with E-state index in [4.69, 9.17) is 20.5 Å². The van der Waals surface area contributed by atoms with Crippen molar-refractivity contribution >= 4 is 23.5 Å². The summed E-state index contributed by atoms with van der Waals surface area (Å²) in [6, 6.07) is 15.4. The number of carbonyl (C=O) groups is 3. The van der Waals surface area contributed by atoms with E-state index in [9.17, 15) is 18.8 Å². The zero-order chi connectivity index (χ0) is 34.6. The number of hydrogen-bond donors (Lipinski definition) is 1. The molecular weight excluding hydrogens is 620 g/mol. The Hall–Kier alpha value is -5.02. The van der Waals surface area contributed by atoms with Crippen molar-refractivity contribution in [3.05, 3.63) is 94.0 Å². The van der Waals surface area contributed by atoms with Gasteiger partial charge in [-0.05, 0) is 69.2 Å². The highest BCUT2D eigenvalue weighted by atomic mass is 19.1. The number of rotatable bonds is 11. The maximum Gasteiger partial charge on any atom is 0.306 e. The fourth-order valence-corrected chi connectivity index (χ4v) is 6.00. The third kappa shape index (κ3) is 8.09. The van der Waals surface area contributed by atoms with Gasteiger partial charge in [0.15, 0.2) is 0 Å². The maximum absolute atomic E-state index is 15.2. The Morgan fingerprint density at radius 1 is 1.02 bits per heavy atom. The zero-order valence-electron chi connectivity index (χ0n) is 27.3. The minimum absolute atomic E-state index is 0.0250. The average molecular weight is 660 g/mol. The van der Waals surface area contributed by atoms with E-state index in [2.05, 4.69) is 4.90 Å². The molecule has 1 fully saturated rings. The number of primary amides is 1. The zero-order valence-corrected chi connectivity index (χ0v) is 27.3. The number of hydrogen-bond acceptors (Lipinski definition) is 8. The lowest BCUT2D eigenvalue weighted by Crippen LogP contribution is -2.46. The van der Waals surface area contributed by atoms with E-state index in [-0.39, 0.29) is 43.3 Å². The molecule has 0 spiro atoms. The van der Waals surface area contributed by atoms with E-state index in [1.807, 2.05) is 11.0 Å². The number of anilines is 1. The third-order valence-electron chi connectivity index (χ3n) is 8.39. The van der Waals surface area contributed by atoms with Crippen molar-refractivity contribution in [2.45, 2.75) is 65.0 Å². The lowest BCUT2D eigenvalue weighted by molar-refractivity contribution is -0.155. The van der Waals surface area contributed by atoms with Gasteiger partial charge >= 0.3 is 5.97 Å². The van der Waals surface area contributed by atoms with Gasteiger partial charge in [0.2, 0.25) is 5.91 Å². The van der Waals surface area contributed by atoms with Crippen LogP contribution in [0.5, 0.6) is 5.75 Å². The fraction of sp³-hybridized carbons (Fsp3) is 0.389. The van der Waals surface area contributed by atoms with Gasteiger partial charge in [-0.1, -0.05) is 18.2 Å². The Balaban J connectivity index is 1.17. The molecule has 3 aromatic carbocycles. The molecule has 1 saturated heterocycles. The Labute approximate surface area is 278 Å². The van der Waals surface area contributed by atoms with Crippen LogP contribution in [0.25, 0.3) is 0 Å². The van der Waals surface area contributed by atoms with Crippen molar-refractivity contribution in [1.29, 1.82) is 5.26 Å². The van der Waals surface area contributed by atoms with Crippen LogP contribution >= 0.6 is 0 Å². The third-order valence-corrected chi connectivity index (χ3v) is 8.39. The second-order valence-electron chi connectivity index (χ2n) is 13.0. The van der Waals surface area contributed by atoms with E-state index in [1.54, 1.807) is 63.2 Å². The first-order chi connectivity index (χ1) is 22.8. The van der Waals surface area contributed by atoms with Crippen LogP contribution in [0.4, 0.5) is 14.5 Å². The van der Waals surface area contributed by atoms with Crippen LogP contribution in [-0.2, 0) is 34.0 Å². The number of amides is 2. The number of piperazine rings is 1. The molecule has 2 aliphatic rings. The van der Waals surface area contributed by atoms with Gasteiger partial charge in [0.1, 0.15) is 35.6 Å². The minimum atomic E-state index is -1.01. The highest BCUT2D eigenvalue weighted by molar-refractivity contribution is 6.01. The molecule has 0 radical (unpaired) electrons. The first-order valence-electron chi connectivity index (χ1n) is 15.8. The average Bonchev–Trinajstić information content (AvgIpc) is 3.37. The van der Waals surface area contributed by atoms with E-state index in [0.717, 1.165) is 0 Å². The Morgan fingerprint density at radius 3 is 2.42 bits per heavy atom. The van der Waals surface area contributed by atoms with E-state index in [1.165, 1.54) is 17.0 Å². The number of benzene rings is 3. The first kappa shape index (κ1) is 34.3. The number of nitrogens with two attached hydrogens (primary N) is 1. The second kappa shape index (κ2) is 14.4. The molecule has 0 bridgehead atoms. The quantitative estimate of drug-likeness (QED) is 0.294. The number of esters is 1. The molecule has 2 heterocycles. The van der Waals surface area contributed by atoms with Crippen LogP contribution in [0, 0.1) is 23.0 Å². The molecule has 0 unspecified atom stereocenters. The van der Waals surface area contributed by atoms with Crippen molar-refractivity contribution in [3.8, 4) is 11.8 Å². The number of ether oxygens (including phenoxy) is 2. The molecule has 2 amide bonds. The molecule has 2 N–H and O–H groups in total. The molecule has 10 nitrogen and oxygen atoms in total. The number of fused-ring (bicyclic) bond motifs is 1. The highest BCUT2D eigenvalue weighted by Gasteiger charge is 2.37. The number of nitrogens with zero attached hydrogens (tertiary/aromatic N) is 4. The van der Waals surface area contributed by atoms with Crippen molar-refractivity contribution in [3.63, 3.8) is 0 Å². The summed E-state index contributed by atoms with van der Waals surface area (Å²) in [4.78, 5) is 43.3. The standard InChI is InChI=1S/C36H39F2N5O5/c1-36(2,3)48-33(44)12-11-31(34(40)45)43-21-27-26(35(43)46)5-4-6-32(27)47-22-24-7-9-25(28(37)18-24)20-41-13-15-42(16-14-41)30-10-8-23(19-39)17-29(30)38/h4-10,17-18,31H,11-16,20-22H2,1-3H3,(H2,40,45)/t31-/m0/s1. The number of halogens is 2. The molecule has 5 rings (SSSR count). The van der Waals surface area contributed by atoms with Crippen LogP contribution in [0.2, 0.25) is 0 Å². The van der Waals surface area contributed by atoms with Gasteiger partial charge < -0.3 is 25.0 Å². The van der Waals surface area contributed by atoms with E-state index in [0.29, 0.717) is 66.4 Å². The molecule has 0 aliphatic carbocycles. The van der Waals surface area contributed by atoms with Crippen LogP contribution in [0.3, 0.4) is 0 Å². The highest BCUT2D eigenvalue weighted by Crippen LogP contribution is 2.34. The summed E-state index contributed by atoms with van der Waals surface area (Å²) < 4.78 is 41.1. The lowest BCUT2D eigenvalue weighted by Gasteiger charge is -2.36. The summed E-state index contributed by atoms with van der Waals surface area (Å²) in [5.74, 6) is -1.97. The van der Waals surface area contributed by atoms with E-state index < -0.39 is 29.3 Å². The smallest absolute Gasteiger partial charge is 0.306 e. The predicted octanol–water partition coefficient (Wildman–Crippen LogP) is 4.67. The predicted molar refractivity (Wildman–Crippen MR) is 174 cm³/mol. The summed E-state index contributed by atoms with van der Waals surface area (Å²) in [6.07, 6.45) is -0.0537. The van der Waals surface area contributed by atoms with Crippen LogP contribution in [0.15, 0.2) is 54.6 Å². The molecule has 1 atom stereocenters. The number of carbonyl (C=O) groups excluding carboxylic acids is 3. The SMILES string of the molecule is CC(C)(C)OC(=O)CC[C@@H](C(N)=O)N1Cc2c(OCc3ccc(CN4CCN(c5ccc(C#N)cc5F)CC4)c(F)c3)cccc2C1=O. The van der Waals surface area contributed by atoms with Crippen LogP contribution in [-0.4, -0.2) is 65.4 Å². The van der Waals surface area contributed by atoms with Gasteiger partial charge in [-0.25, -0.2) is 8.78 Å². The van der Waals surface area contributed by atoms with Crippen molar-refractivity contribution in [2.24, 2.45) is 5.73 Å². The van der Waals surface area contributed by atoms with Gasteiger partial charge in [0.05, 0.1) is 23.9 Å². The second-order valence-corrected chi connectivity index (χ2v) is 13.0. The number of nitriles is 1. The molecular formula is C36H39F2N5O5. The largest absolute Gasteiger partial charge is 0.489 e. The Bertz CT molecular complexity index is 1740. The Morgan fingerprint density at radius 2 is 1.77 bits per heavy atom. The monoisotopic (exact) mass is 659 g/mol. The van der Waals surface area contributed by atoms with Crippen molar-refractivity contribution in [2.75, 3.05) is 31.1 Å². The molecule has 0 saturated carbocycles. The Kier molecular flexibility index (Phi) is 10.3. The topological polar surface area (TPSA) is 129 Å². The maximum atomic E-state index is 15.2. The fourth-order valence-electron chi connectivity index (χ4n) is 6.00. The molecule has 0 aromatic heterocycles. The van der Waals surface area contributed by atoms with Crippen LogP contribution in [0.1, 0.15) is 66.2 Å². The molecule has 252 valence electrons. The van der Waals surface area contributed by atoms with Gasteiger partial charge in [0.25, 0.3) is 5.91 Å². The van der Waals surface area contributed by atoms with Crippen molar-refractivity contribution in [1.82, 2.24) is 9.80 Å². The van der Waals surface area contributed by atoms with E-state index >= 15 is 4.39 Å².